The molecule has 6 nitrogen and oxygen atoms in total. The maximum Gasteiger partial charge on any atom is 0.224 e. The fourth-order valence-corrected chi connectivity index (χ4v) is 5.99. The molecular formula is C32H37FN4O2. The minimum absolute atomic E-state index is 0.0174. The molecule has 0 radical (unpaired) electrons. The van der Waals surface area contributed by atoms with Crippen LogP contribution >= 0.6 is 0 Å². The molecule has 5 rings (SSSR count). The predicted molar refractivity (Wildman–Crippen MR) is 153 cm³/mol. The average Bonchev–Trinajstić information content (AvgIpc) is 2.93. The SMILES string of the molecule is CC(=O)N(C)C1CCC(CC(=O)Nc2cnc(-c3ccc([C@]4(N)C[C@@H](F)C4)cc3)c(-c3ccccc3)c2)CC1. The Morgan fingerprint density at radius 2 is 1.69 bits per heavy atom. The van der Waals surface area contributed by atoms with Crippen LogP contribution in [0.5, 0.6) is 0 Å². The third-order valence-electron chi connectivity index (χ3n) is 8.50. The van der Waals surface area contributed by atoms with Crippen LogP contribution < -0.4 is 11.1 Å². The molecule has 0 unspecified atom stereocenters. The summed E-state index contributed by atoms with van der Waals surface area (Å²) in [5.74, 6) is 0.389. The zero-order valence-electron chi connectivity index (χ0n) is 22.7. The Bertz CT molecular complexity index is 1310. The number of halogens is 1. The van der Waals surface area contributed by atoms with Crippen molar-refractivity contribution in [1.82, 2.24) is 9.88 Å². The van der Waals surface area contributed by atoms with E-state index in [1.165, 1.54) is 0 Å². The molecule has 0 saturated heterocycles. The van der Waals surface area contributed by atoms with Gasteiger partial charge in [0.1, 0.15) is 6.17 Å². The smallest absolute Gasteiger partial charge is 0.224 e. The minimum Gasteiger partial charge on any atom is -0.343 e. The molecule has 3 N–H and O–H groups in total. The number of anilines is 1. The first-order chi connectivity index (χ1) is 18.7. The van der Waals surface area contributed by atoms with Crippen molar-refractivity contribution in [3.8, 4) is 22.4 Å². The van der Waals surface area contributed by atoms with Gasteiger partial charge in [-0.05, 0) is 48.8 Å². The van der Waals surface area contributed by atoms with Crippen molar-refractivity contribution >= 4 is 17.5 Å². The third kappa shape index (κ3) is 6.04. The molecule has 2 aromatic carbocycles. The van der Waals surface area contributed by atoms with Crippen molar-refractivity contribution in [2.45, 2.75) is 69.6 Å². The third-order valence-corrected chi connectivity index (χ3v) is 8.50. The molecule has 2 aliphatic carbocycles. The molecule has 7 heteroatoms. The van der Waals surface area contributed by atoms with E-state index in [9.17, 15) is 14.0 Å². The Hall–Kier alpha value is -3.58. The molecule has 39 heavy (non-hydrogen) atoms. The summed E-state index contributed by atoms with van der Waals surface area (Å²) < 4.78 is 13.5. The largest absolute Gasteiger partial charge is 0.343 e. The van der Waals surface area contributed by atoms with E-state index in [1.807, 2.05) is 72.6 Å². The number of benzene rings is 2. The molecule has 2 saturated carbocycles. The highest BCUT2D eigenvalue weighted by Crippen LogP contribution is 2.42. The average molecular weight is 529 g/mol. The molecule has 2 fully saturated rings. The van der Waals surface area contributed by atoms with Gasteiger partial charge < -0.3 is 16.0 Å². The normalized spacial score (nSPS) is 24.5. The topological polar surface area (TPSA) is 88.3 Å². The number of nitrogens with one attached hydrogen (secondary N) is 1. The highest BCUT2D eigenvalue weighted by Gasteiger charge is 2.42. The van der Waals surface area contributed by atoms with Gasteiger partial charge in [0.25, 0.3) is 0 Å². The fraction of sp³-hybridized carbons (Fsp3) is 0.406. The molecular weight excluding hydrogens is 491 g/mol. The lowest BCUT2D eigenvalue weighted by molar-refractivity contribution is -0.130. The van der Waals surface area contributed by atoms with Crippen LogP contribution in [0.15, 0.2) is 66.9 Å². The maximum atomic E-state index is 13.5. The van der Waals surface area contributed by atoms with E-state index in [0.717, 1.165) is 53.6 Å². The van der Waals surface area contributed by atoms with Gasteiger partial charge in [-0.3, -0.25) is 14.6 Å². The highest BCUT2D eigenvalue weighted by molar-refractivity contribution is 5.93. The number of rotatable bonds is 7. The second-order valence-corrected chi connectivity index (χ2v) is 11.3. The lowest BCUT2D eigenvalue weighted by Gasteiger charge is -2.41. The Morgan fingerprint density at radius 3 is 2.31 bits per heavy atom. The molecule has 1 heterocycles. The summed E-state index contributed by atoms with van der Waals surface area (Å²) in [6.07, 6.45) is 5.78. The molecule has 2 amide bonds. The van der Waals surface area contributed by atoms with Gasteiger partial charge in [-0.15, -0.1) is 0 Å². The lowest BCUT2D eigenvalue weighted by Crippen LogP contribution is -2.50. The van der Waals surface area contributed by atoms with Crippen molar-refractivity contribution in [1.29, 1.82) is 0 Å². The summed E-state index contributed by atoms with van der Waals surface area (Å²) >= 11 is 0. The van der Waals surface area contributed by atoms with Gasteiger partial charge in [0.2, 0.25) is 11.8 Å². The Labute approximate surface area is 229 Å². The molecule has 0 aliphatic heterocycles. The van der Waals surface area contributed by atoms with Crippen LogP contribution in [0.4, 0.5) is 10.1 Å². The van der Waals surface area contributed by atoms with Crippen LogP contribution in [0.25, 0.3) is 22.4 Å². The number of pyridine rings is 1. The lowest BCUT2D eigenvalue weighted by atomic mass is 9.71. The standard InChI is InChI=1S/C32H37FN4O2/c1-21(38)37(2)28-14-8-22(9-15-28)16-30(39)36-27-17-29(23-6-4-3-5-7-23)31(35-20-27)24-10-12-25(13-11-24)32(34)18-26(33)19-32/h3-7,10-13,17,20,22,26,28H,8-9,14-16,18-19,34H2,1-2H3,(H,36,39)/t22?,26-,28?,32+. The zero-order chi connectivity index (χ0) is 27.6. The summed E-state index contributed by atoms with van der Waals surface area (Å²) in [4.78, 5) is 31.2. The summed E-state index contributed by atoms with van der Waals surface area (Å²) in [7, 11) is 1.86. The Morgan fingerprint density at radius 1 is 1.03 bits per heavy atom. The van der Waals surface area contributed by atoms with Crippen LogP contribution in [0.1, 0.15) is 57.4 Å². The molecule has 2 aliphatic rings. The molecule has 204 valence electrons. The molecule has 1 aromatic heterocycles. The highest BCUT2D eigenvalue weighted by atomic mass is 19.1. The minimum atomic E-state index is -0.827. The Kier molecular flexibility index (Phi) is 7.80. The van der Waals surface area contributed by atoms with E-state index in [1.54, 1.807) is 13.1 Å². The number of alkyl halides is 1. The molecule has 0 bridgehead atoms. The molecule has 3 aromatic rings. The van der Waals surface area contributed by atoms with Gasteiger partial charge in [0, 0.05) is 55.9 Å². The number of amides is 2. The summed E-state index contributed by atoms with van der Waals surface area (Å²) in [6, 6.07) is 20.2. The van der Waals surface area contributed by atoms with Crippen molar-refractivity contribution in [2.24, 2.45) is 11.7 Å². The van der Waals surface area contributed by atoms with Crippen molar-refractivity contribution in [3.05, 3.63) is 72.4 Å². The van der Waals surface area contributed by atoms with Gasteiger partial charge in [0.05, 0.1) is 17.6 Å². The van der Waals surface area contributed by atoms with Crippen molar-refractivity contribution in [3.63, 3.8) is 0 Å². The van der Waals surface area contributed by atoms with E-state index < -0.39 is 11.7 Å². The fourth-order valence-electron chi connectivity index (χ4n) is 5.99. The van der Waals surface area contributed by atoms with Crippen LogP contribution in [0, 0.1) is 5.92 Å². The monoisotopic (exact) mass is 528 g/mol. The zero-order valence-corrected chi connectivity index (χ0v) is 22.7. The van der Waals surface area contributed by atoms with Gasteiger partial charge in [-0.25, -0.2) is 4.39 Å². The number of aromatic nitrogens is 1. The second-order valence-electron chi connectivity index (χ2n) is 11.3. The van der Waals surface area contributed by atoms with E-state index in [4.69, 9.17) is 10.7 Å². The first kappa shape index (κ1) is 27.0. The first-order valence-electron chi connectivity index (χ1n) is 13.8. The van der Waals surface area contributed by atoms with E-state index >= 15 is 0 Å². The van der Waals surface area contributed by atoms with Gasteiger partial charge >= 0.3 is 0 Å². The quantitative estimate of drug-likeness (QED) is 0.390. The number of carbonyl (C=O) groups excluding carboxylic acids is 2. The molecule has 0 spiro atoms. The van der Waals surface area contributed by atoms with Crippen molar-refractivity contribution in [2.75, 3.05) is 12.4 Å². The summed E-state index contributed by atoms with van der Waals surface area (Å²) in [5.41, 5.74) is 11.0. The summed E-state index contributed by atoms with van der Waals surface area (Å²) in [5, 5.41) is 3.06. The van der Waals surface area contributed by atoms with Gasteiger partial charge in [-0.1, -0.05) is 54.6 Å². The maximum absolute atomic E-state index is 13.5. The van der Waals surface area contributed by atoms with Crippen molar-refractivity contribution < 1.29 is 14.0 Å². The van der Waals surface area contributed by atoms with E-state index in [2.05, 4.69) is 5.32 Å². The number of carbonyl (C=O) groups is 2. The first-order valence-corrected chi connectivity index (χ1v) is 13.8. The van der Waals surface area contributed by atoms with Crippen LogP contribution in [-0.4, -0.2) is 41.0 Å². The second kappa shape index (κ2) is 11.3. The van der Waals surface area contributed by atoms with E-state index in [0.29, 0.717) is 30.9 Å². The Balaban J connectivity index is 1.30. The van der Waals surface area contributed by atoms with Gasteiger partial charge in [0.15, 0.2) is 0 Å². The predicted octanol–water partition coefficient (Wildman–Crippen LogP) is 6.07. The van der Waals surface area contributed by atoms with Gasteiger partial charge in [-0.2, -0.15) is 0 Å². The van der Waals surface area contributed by atoms with Crippen LogP contribution in [0.2, 0.25) is 0 Å². The molecule has 0 atom stereocenters. The van der Waals surface area contributed by atoms with Crippen LogP contribution in [-0.2, 0) is 15.1 Å². The van der Waals surface area contributed by atoms with E-state index in [-0.39, 0.29) is 17.9 Å². The van der Waals surface area contributed by atoms with Crippen LogP contribution in [0.3, 0.4) is 0 Å². The number of hydrogen-bond acceptors (Lipinski definition) is 4. The number of nitrogens with zero attached hydrogens (tertiary/aromatic N) is 2. The summed E-state index contributed by atoms with van der Waals surface area (Å²) in [6.45, 7) is 1.60. The number of hydrogen-bond donors (Lipinski definition) is 2. The number of nitrogens with two attached hydrogens (primary N) is 1.